The van der Waals surface area contributed by atoms with Crippen molar-refractivity contribution in [3.63, 3.8) is 0 Å². The van der Waals surface area contributed by atoms with Crippen LogP contribution < -0.4 is 0 Å². The molecule has 158 valence electrons. The minimum absolute atomic E-state index is 0.193. The Morgan fingerprint density at radius 1 is 1.21 bits per heavy atom. The number of rotatable bonds is 5. The van der Waals surface area contributed by atoms with Gasteiger partial charge in [0.1, 0.15) is 0 Å². The number of halogens is 4. The molecule has 0 aromatic heterocycles. The van der Waals surface area contributed by atoms with E-state index < -0.39 is 27.3 Å². The molecule has 3 atom stereocenters. The fourth-order valence-electron chi connectivity index (χ4n) is 3.76. The summed E-state index contributed by atoms with van der Waals surface area (Å²) in [5, 5.41) is 0.608. The molecule has 0 radical (unpaired) electrons. The fraction of sp³-hybridized carbons (Fsp3) is 0.429. The third-order valence-electron chi connectivity index (χ3n) is 5.05. The van der Waals surface area contributed by atoms with Gasteiger partial charge >= 0.3 is 6.18 Å². The van der Waals surface area contributed by atoms with Crippen molar-refractivity contribution in [2.24, 2.45) is 0 Å². The minimum atomic E-state index is -4.48. The molecule has 2 aromatic rings. The molecule has 2 aromatic carbocycles. The van der Waals surface area contributed by atoms with E-state index in [-0.39, 0.29) is 11.0 Å². The summed E-state index contributed by atoms with van der Waals surface area (Å²) < 4.78 is 58.3. The van der Waals surface area contributed by atoms with Crippen LogP contribution in [0, 0.1) is 0 Å². The van der Waals surface area contributed by atoms with E-state index in [0.29, 0.717) is 31.0 Å². The van der Waals surface area contributed by atoms with Gasteiger partial charge in [-0.3, -0.25) is 4.21 Å². The average Bonchev–Trinajstić information content (AvgIpc) is 2.67. The summed E-state index contributed by atoms with van der Waals surface area (Å²) in [6, 6.07) is 12.1. The first-order chi connectivity index (χ1) is 13.6. The van der Waals surface area contributed by atoms with E-state index in [1.54, 1.807) is 12.1 Å². The number of hydrogen-bond donors (Lipinski definition) is 0. The molecule has 1 fully saturated rings. The summed E-state index contributed by atoms with van der Waals surface area (Å²) in [5.74, 6) is 0. The second-order valence-corrected chi connectivity index (χ2v) is 9.89. The molecule has 3 unspecified atom stereocenters. The van der Waals surface area contributed by atoms with Crippen LogP contribution in [0.3, 0.4) is 0 Å². The maximum Gasteiger partial charge on any atom is 0.416 e. The lowest BCUT2D eigenvalue weighted by atomic mass is 9.90. The first-order valence-electron chi connectivity index (χ1n) is 9.22. The number of benzene rings is 2. The van der Waals surface area contributed by atoms with Crippen LogP contribution in [-0.2, 0) is 21.7 Å². The number of ether oxygens (including phenoxy) is 1. The van der Waals surface area contributed by atoms with Gasteiger partial charge in [0.05, 0.1) is 27.2 Å². The van der Waals surface area contributed by atoms with Crippen molar-refractivity contribution in [3.05, 3.63) is 64.7 Å². The summed E-state index contributed by atoms with van der Waals surface area (Å²) >= 11 is 5.97. The Bertz CT molecular complexity index is 873. The molecule has 3 rings (SSSR count). The summed E-state index contributed by atoms with van der Waals surface area (Å²) in [7, 11) is 2.10. The quantitative estimate of drug-likeness (QED) is 0.624. The Labute approximate surface area is 176 Å². The standard InChI is InChI=1S/C21H23ClF3NO2S/c1-26(2)14-20(29(27)18-5-3-4-16(12-18)21(23,24)25)10-11-28-19(13-20)15-6-8-17(22)9-7-15/h3-9,12,19H,10-11,13-14H2,1-2H3. The van der Waals surface area contributed by atoms with Crippen molar-refractivity contribution in [2.45, 2.75) is 34.8 Å². The van der Waals surface area contributed by atoms with Crippen molar-refractivity contribution < 1.29 is 22.1 Å². The van der Waals surface area contributed by atoms with Gasteiger partial charge < -0.3 is 9.64 Å². The molecule has 1 aliphatic rings. The number of alkyl halides is 3. The molecule has 3 nitrogen and oxygen atoms in total. The zero-order chi connectivity index (χ0) is 21.2. The molecular formula is C21H23ClF3NO2S. The highest BCUT2D eigenvalue weighted by Gasteiger charge is 2.44. The number of nitrogens with zero attached hydrogens (tertiary/aromatic N) is 1. The highest BCUT2D eigenvalue weighted by Crippen LogP contribution is 2.41. The average molecular weight is 446 g/mol. The van der Waals surface area contributed by atoms with E-state index in [2.05, 4.69) is 0 Å². The van der Waals surface area contributed by atoms with Crippen molar-refractivity contribution in [1.82, 2.24) is 4.90 Å². The second-order valence-electron chi connectivity index (χ2n) is 7.58. The Morgan fingerprint density at radius 3 is 2.52 bits per heavy atom. The molecule has 1 aliphatic heterocycles. The van der Waals surface area contributed by atoms with Gasteiger partial charge in [0.15, 0.2) is 0 Å². The molecule has 0 spiro atoms. The first-order valence-corrected chi connectivity index (χ1v) is 10.7. The van der Waals surface area contributed by atoms with Gasteiger partial charge in [-0.25, -0.2) is 0 Å². The SMILES string of the molecule is CN(C)CC1(S(=O)c2cccc(C(F)(F)F)c2)CCOC(c2ccc(Cl)cc2)C1. The van der Waals surface area contributed by atoms with Crippen LogP contribution in [0.5, 0.6) is 0 Å². The molecule has 0 aliphatic carbocycles. The van der Waals surface area contributed by atoms with E-state index in [4.69, 9.17) is 16.3 Å². The monoisotopic (exact) mass is 445 g/mol. The van der Waals surface area contributed by atoms with Crippen LogP contribution in [0.15, 0.2) is 53.4 Å². The Hall–Kier alpha value is -1.41. The van der Waals surface area contributed by atoms with E-state index in [1.165, 1.54) is 12.1 Å². The molecule has 0 bridgehead atoms. The van der Waals surface area contributed by atoms with Crippen molar-refractivity contribution in [2.75, 3.05) is 27.2 Å². The smallest absolute Gasteiger partial charge is 0.373 e. The molecule has 0 N–H and O–H groups in total. The minimum Gasteiger partial charge on any atom is -0.373 e. The van der Waals surface area contributed by atoms with Gasteiger partial charge in [-0.05, 0) is 62.8 Å². The summed E-state index contributed by atoms with van der Waals surface area (Å²) in [4.78, 5) is 2.12. The summed E-state index contributed by atoms with van der Waals surface area (Å²) in [6.07, 6.45) is -3.83. The summed E-state index contributed by atoms with van der Waals surface area (Å²) in [5.41, 5.74) is 0.128. The predicted octanol–water partition coefficient (Wildman–Crippen LogP) is 5.32. The van der Waals surface area contributed by atoms with Crippen molar-refractivity contribution >= 4 is 22.4 Å². The molecule has 0 saturated carbocycles. The molecular weight excluding hydrogens is 423 g/mol. The predicted molar refractivity (Wildman–Crippen MR) is 109 cm³/mol. The third kappa shape index (κ3) is 5.20. The zero-order valence-corrected chi connectivity index (χ0v) is 17.8. The van der Waals surface area contributed by atoms with Crippen LogP contribution in [0.4, 0.5) is 13.2 Å². The van der Waals surface area contributed by atoms with E-state index >= 15 is 0 Å². The maximum atomic E-state index is 13.6. The van der Waals surface area contributed by atoms with E-state index in [1.807, 2.05) is 31.1 Å². The normalized spacial score (nSPS) is 23.9. The van der Waals surface area contributed by atoms with Crippen molar-refractivity contribution in [3.8, 4) is 0 Å². The molecule has 0 amide bonds. The second kappa shape index (κ2) is 8.76. The largest absolute Gasteiger partial charge is 0.416 e. The van der Waals surface area contributed by atoms with E-state index in [0.717, 1.165) is 17.7 Å². The van der Waals surface area contributed by atoms with Gasteiger partial charge in [0.2, 0.25) is 0 Å². The lowest BCUT2D eigenvalue weighted by Gasteiger charge is -2.42. The third-order valence-corrected chi connectivity index (χ3v) is 7.27. The Balaban J connectivity index is 1.96. The van der Waals surface area contributed by atoms with Crippen LogP contribution >= 0.6 is 11.6 Å². The van der Waals surface area contributed by atoms with E-state index in [9.17, 15) is 17.4 Å². The van der Waals surface area contributed by atoms with Crippen molar-refractivity contribution in [1.29, 1.82) is 0 Å². The topological polar surface area (TPSA) is 29.5 Å². The van der Waals surface area contributed by atoms with Crippen LogP contribution in [0.2, 0.25) is 5.02 Å². The van der Waals surface area contributed by atoms with Crippen LogP contribution in [0.25, 0.3) is 0 Å². The number of hydrogen-bond acceptors (Lipinski definition) is 3. The zero-order valence-electron chi connectivity index (χ0n) is 16.2. The van der Waals surface area contributed by atoms with Gasteiger partial charge in [-0.15, -0.1) is 0 Å². The fourth-order valence-corrected chi connectivity index (χ4v) is 5.77. The molecule has 1 saturated heterocycles. The highest BCUT2D eigenvalue weighted by molar-refractivity contribution is 7.86. The maximum absolute atomic E-state index is 13.6. The molecule has 29 heavy (non-hydrogen) atoms. The summed E-state index contributed by atoms with van der Waals surface area (Å²) in [6.45, 7) is 0.856. The first kappa shape index (κ1) is 22.3. The van der Waals surface area contributed by atoms with Gasteiger partial charge in [0.25, 0.3) is 0 Å². The van der Waals surface area contributed by atoms with Crippen LogP contribution in [-0.4, -0.2) is 41.1 Å². The lowest BCUT2D eigenvalue weighted by molar-refractivity contribution is -0.137. The molecule has 1 heterocycles. The van der Waals surface area contributed by atoms with Gasteiger partial charge in [-0.1, -0.05) is 29.8 Å². The van der Waals surface area contributed by atoms with Gasteiger partial charge in [-0.2, -0.15) is 13.2 Å². The lowest BCUT2D eigenvalue weighted by Crippen LogP contribution is -2.48. The Morgan fingerprint density at radius 2 is 1.90 bits per heavy atom. The highest BCUT2D eigenvalue weighted by atomic mass is 35.5. The van der Waals surface area contributed by atoms with Crippen LogP contribution in [0.1, 0.15) is 30.1 Å². The molecule has 8 heteroatoms. The Kier molecular flexibility index (Phi) is 6.73. The van der Waals surface area contributed by atoms with Gasteiger partial charge in [0, 0.05) is 23.1 Å².